The Morgan fingerprint density at radius 3 is 2.63 bits per heavy atom. The fraction of sp³-hybridized carbons (Fsp3) is 0.333. The van der Waals surface area contributed by atoms with Gasteiger partial charge in [0.05, 0.1) is 6.04 Å². The minimum atomic E-state index is -0.228. The van der Waals surface area contributed by atoms with E-state index in [0.29, 0.717) is 34.5 Å². The number of benzene rings is 2. The molecule has 0 spiro atoms. The van der Waals surface area contributed by atoms with E-state index in [0.717, 1.165) is 18.4 Å². The number of nitrogens with zero attached hydrogens (tertiary/aromatic N) is 2. The Hall–Kier alpha value is -2.54. The first-order valence-electron chi connectivity index (χ1n) is 11.7. The molecular weight excluding hydrogens is 503 g/mol. The van der Waals surface area contributed by atoms with Crippen molar-refractivity contribution in [2.45, 2.75) is 38.8 Å². The van der Waals surface area contributed by atoms with Crippen LogP contribution in [0.15, 0.2) is 60.0 Å². The van der Waals surface area contributed by atoms with Gasteiger partial charge in [0.1, 0.15) is 18.9 Å². The van der Waals surface area contributed by atoms with Crippen LogP contribution in [0.1, 0.15) is 47.1 Å². The maximum atomic E-state index is 13.7. The summed E-state index contributed by atoms with van der Waals surface area (Å²) >= 11 is 13.8. The van der Waals surface area contributed by atoms with Crippen molar-refractivity contribution in [1.29, 1.82) is 0 Å². The molecule has 1 aliphatic rings. The molecule has 0 radical (unpaired) electrons. The van der Waals surface area contributed by atoms with E-state index < -0.39 is 0 Å². The van der Waals surface area contributed by atoms with Crippen molar-refractivity contribution in [3.8, 4) is 5.75 Å². The number of thiophene rings is 1. The Morgan fingerprint density at radius 1 is 1.14 bits per heavy atom. The van der Waals surface area contributed by atoms with E-state index in [4.69, 9.17) is 27.9 Å². The molecule has 8 heteroatoms. The molecule has 0 bridgehead atoms. The summed E-state index contributed by atoms with van der Waals surface area (Å²) in [6, 6.07) is 15.8. The summed E-state index contributed by atoms with van der Waals surface area (Å²) in [5, 5.41) is 3.19. The molecule has 0 fully saturated rings. The molecule has 0 N–H and O–H groups in total. The van der Waals surface area contributed by atoms with Crippen LogP contribution >= 0.6 is 34.5 Å². The summed E-state index contributed by atoms with van der Waals surface area (Å²) < 4.78 is 6.07. The number of hydrogen-bond donors (Lipinski definition) is 0. The van der Waals surface area contributed by atoms with Crippen LogP contribution in [0.25, 0.3) is 0 Å². The van der Waals surface area contributed by atoms with Crippen molar-refractivity contribution in [3.63, 3.8) is 0 Å². The maximum absolute atomic E-state index is 13.7. The highest BCUT2D eigenvalue weighted by Crippen LogP contribution is 2.34. The third-order valence-corrected chi connectivity index (χ3v) is 7.88. The molecule has 3 aromatic rings. The van der Waals surface area contributed by atoms with Crippen LogP contribution in [0.3, 0.4) is 0 Å². The maximum Gasteiger partial charge on any atom is 0.254 e. The van der Waals surface area contributed by atoms with Gasteiger partial charge in [-0.2, -0.15) is 0 Å². The number of hydrogen-bond acceptors (Lipinski definition) is 4. The SMILES string of the molecule is CC[C@H](C)N(CC(=O)N1CCc2sccc2[C@@H]1COc1ccc(Cl)cc1)C(=O)c1cccc(Cl)c1. The second-order valence-corrected chi connectivity index (χ2v) is 10.5. The number of fused-ring (bicyclic) bond motifs is 1. The Balaban J connectivity index is 1.54. The van der Waals surface area contributed by atoms with Crippen LogP contribution in [0.4, 0.5) is 0 Å². The van der Waals surface area contributed by atoms with E-state index in [9.17, 15) is 9.59 Å². The fourth-order valence-corrected chi connectivity index (χ4v) is 5.50. The molecule has 184 valence electrons. The molecule has 2 aromatic carbocycles. The van der Waals surface area contributed by atoms with E-state index >= 15 is 0 Å². The predicted molar refractivity (Wildman–Crippen MR) is 142 cm³/mol. The van der Waals surface area contributed by atoms with Crippen LogP contribution in [0, 0.1) is 0 Å². The highest BCUT2D eigenvalue weighted by molar-refractivity contribution is 7.10. The topological polar surface area (TPSA) is 49.9 Å². The lowest BCUT2D eigenvalue weighted by Gasteiger charge is -2.38. The van der Waals surface area contributed by atoms with Crippen LogP contribution in [-0.2, 0) is 11.2 Å². The molecule has 5 nitrogen and oxygen atoms in total. The van der Waals surface area contributed by atoms with Gasteiger partial charge in [-0.15, -0.1) is 11.3 Å². The van der Waals surface area contributed by atoms with E-state index in [1.807, 2.05) is 30.9 Å². The number of carbonyl (C=O) groups excluding carboxylic acids is 2. The van der Waals surface area contributed by atoms with Crippen molar-refractivity contribution < 1.29 is 14.3 Å². The lowest BCUT2D eigenvalue weighted by molar-refractivity contribution is -0.136. The van der Waals surface area contributed by atoms with Gasteiger partial charge in [0, 0.05) is 33.1 Å². The zero-order valence-electron chi connectivity index (χ0n) is 19.7. The minimum Gasteiger partial charge on any atom is -0.491 e. The Bertz CT molecular complexity index is 1180. The van der Waals surface area contributed by atoms with Gasteiger partial charge in [0.2, 0.25) is 5.91 Å². The van der Waals surface area contributed by atoms with Crippen LogP contribution in [-0.4, -0.2) is 47.4 Å². The van der Waals surface area contributed by atoms with Gasteiger partial charge < -0.3 is 14.5 Å². The van der Waals surface area contributed by atoms with Crippen molar-refractivity contribution in [2.75, 3.05) is 19.7 Å². The highest BCUT2D eigenvalue weighted by atomic mass is 35.5. The summed E-state index contributed by atoms with van der Waals surface area (Å²) in [7, 11) is 0. The molecule has 0 saturated heterocycles. The van der Waals surface area contributed by atoms with E-state index in [2.05, 4.69) is 11.4 Å². The molecule has 35 heavy (non-hydrogen) atoms. The monoisotopic (exact) mass is 530 g/mol. The second kappa shape index (κ2) is 11.5. The Kier molecular flexibility index (Phi) is 8.37. The predicted octanol–water partition coefficient (Wildman–Crippen LogP) is 6.50. The molecule has 1 aliphatic heterocycles. The van der Waals surface area contributed by atoms with Gasteiger partial charge in [-0.25, -0.2) is 0 Å². The molecule has 2 amide bonds. The normalized spacial score (nSPS) is 15.9. The fourth-order valence-electron chi connectivity index (χ4n) is 4.25. The van der Waals surface area contributed by atoms with Crippen LogP contribution in [0.5, 0.6) is 5.75 Å². The molecule has 1 aromatic heterocycles. The molecular formula is C27H28Cl2N2O3S. The van der Waals surface area contributed by atoms with Gasteiger partial charge in [0.25, 0.3) is 5.91 Å². The largest absolute Gasteiger partial charge is 0.491 e. The van der Waals surface area contributed by atoms with Gasteiger partial charge in [-0.05, 0) is 79.2 Å². The van der Waals surface area contributed by atoms with Gasteiger partial charge >= 0.3 is 0 Å². The second-order valence-electron chi connectivity index (χ2n) is 8.62. The average Bonchev–Trinajstić information content (AvgIpc) is 3.35. The zero-order chi connectivity index (χ0) is 24.9. The Labute approximate surface area is 220 Å². The first-order chi connectivity index (χ1) is 16.9. The van der Waals surface area contributed by atoms with Crippen molar-refractivity contribution >= 4 is 46.4 Å². The molecule has 4 rings (SSSR count). The standard InChI is InChI=1S/C27H28Cl2N2O3S/c1-3-18(2)31(27(33)19-5-4-6-21(29)15-19)16-26(32)30-13-11-25-23(12-14-35-25)24(30)17-34-22-9-7-20(28)8-10-22/h4-10,12,14-15,18,24H,3,11,13,16-17H2,1-2H3/t18-,24-/m0/s1. The quantitative estimate of drug-likeness (QED) is 0.334. The van der Waals surface area contributed by atoms with E-state index in [1.54, 1.807) is 52.6 Å². The first kappa shape index (κ1) is 25.5. The Morgan fingerprint density at radius 2 is 1.91 bits per heavy atom. The third-order valence-electron chi connectivity index (χ3n) is 6.40. The number of rotatable bonds is 8. The van der Waals surface area contributed by atoms with Crippen molar-refractivity contribution in [3.05, 3.63) is 86.0 Å². The highest BCUT2D eigenvalue weighted by Gasteiger charge is 2.34. The number of amides is 2. The third kappa shape index (κ3) is 6.00. The number of ether oxygens (including phenoxy) is 1. The van der Waals surface area contributed by atoms with Crippen molar-refractivity contribution in [2.24, 2.45) is 0 Å². The lowest BCUT2D eigenvalue weighted by atomic mass is 10.00. The minimum absolute atomic E-state index is 0.00271. The summed E-state index contributed by atoms with van der Waals surface area (Å²) in [6.45, 7) is 4.87. The smallest absolute Gasteiger partial charge is 0.254 e. The molecule has 2 atom stereocenters. The van der Waals surface area contributed by atoms with E-state index in [-0.39, 0.29) is 30.4 Å². The summed E-state index contributed by atoms with van der Waals surface area (Å²) in [6.07, 6.45) is 1.53. The molecule has 0 aliphatic carbocycles. The van der Waals surface area contributed by atoms with Gasteiger partial charge in [0.15, 0.2) is 0 Å². The summed E-state index contributed by atoms with van der Waals surface area (Å²) in [5.74, 6) is 0.404. The van der Waals surface area contributed by atoms with Crippen LogP contribution < -0.4 is 4.74 Å². The molecule has 0 unspecified atom stereocenters. The molecule has 0 saturated carbocycles. The average molecular weight is 532 g/mol. The lowest BCUT2D eigenvalue weighted by Crippen LogP contribution is -2.49. The van der Waals surface area contributed by atoms with Gasteiger partial charge in [-0.3, -0.25) is 9.59 Å². The van der Waals surface area contributed by atoms with Crippen LogP contribution in [0.2, 0.25) is 10.0 Å². The van der Waals surface area contributed by atoms with Gasteiger partial charge in [-0.1, -0.05) is 36.2 Å². The van der Waals surface area contributed by atoms with E-state index in [1.165, 1.54) is 4.88 Å². The number of carbonyl (C=O) groups is 2. The summed E-state index contributed by atoms with van der Waals surface area (Å²) in [5.41, 5.74) is 1.59. The number of halogens is 2. The molecule has 2 heterocycles. The summed E-state index contributed by atoms with van der Waals surface area (Å²) in [4.78, 5) is 31.8. The van der Waals surface area contributed by atoms with Crippen molar-refractivity contribution in [1.82, 2.24) is 9.80 Å². The first-order valence-corrected chi connectivity index (χ1v) is 13.3. The zero-order valence-corrected chi connectivity index (χ0v) is 22.1.